The highest BCUT2D eigenvalue weighted by molar-refractivity contribution is 9.10. The first-order valence-electron chi connectivity index (χ1n) is 5.21. The van der Waals surface area contributed by atoms with Crippen molar-refractivity contribution >= 4 is 27.5 Å². The molecule has 1 aliphatic heterocycles. The van der Waals surface area contributed by atoms with E-state index in [1.165, 1.54) is 0 Å². The minimum atomic E-state index is -0.0785. The number of halogens is 1. The molecule has 2 rings (SSSR count). The van der Waals surface area contributed by atoms with Crippen LogP contribution >= 0.6 is 15.9 Å². The number of hydrogen-bond donors (Lipinski definition) is 1. The molecule has 5 heteroatoms. The number of nitrogens with zero attached hydrogens (tertiary/aromatic N) is 1. The van der Waals surface area contributed by atoms with E-state index in [1.807, 2.05) is 18.2 Å². The molecule has 1 aromatic rings. The van der Waals surface area contributed by atoms with Crippen molar-refractivity contribution in [3.8, 4) is 5.75 Å². The summed E-state index contributed by atoms with van der Waals surface area (Å²) < 4.78 is 6.26. The summed E-state index contributed by atoms with van der Waals surface area (Å²) in [6, 6.07) is 5.57. The van der Waals surface area contributed by atoms with Crippen LogP contribution in [0.1, 0.15) is 0 Å². The lowest BCUT2D eigenvalue weighted by molar-refractivity contribution is -0.121. The molecule has 2 N–H and O–H groups in total. The predicted molar refractivity (Wildman–Crippen MR) is 70.2 cm³/mol. The van der Waals surface area contributed by atoms with Crippen LogP contribution in [0.15, 0.2) is 34.8 Å². The molecule has 90 valence electrons. The lowest BCUT2D eigenvalue weighted by atomic mass is 10.2. The van der Waals surface area contributed by atoms with Crippen LogP contribution in [-0.2, 0) is 4.79 Å². The van der Waals surface area contributed by atoms with Gasteiger partial charge in [-0.2, -0.15) is 0 Å². The summed E-state index contributed by atoms with van der Waals surface area (Å²) >= 11 is 3.38. The normalized spacial score (nSPS) is 14.2. The topological polar surface area (TPSA) is 55.6 Å². The van der Waals surface area contributed by atoms with Crippen molar-refractivity contribution < 1.29 is 9.53 Å². The Bertz CT molecular complexity index is 474. The molecular formula is C12H13BrN2O2. The summed E-state index contributed by atoms with van der Waals surface area (Å²) in [5, 5.41) is 0. The summed E-state index contributed by atoms with van der Waals surface area (Å²) in [7, 11) is 0. The highest BCUT2D eigenvalue weighted by Gasteiger charge is 2.25. The average Bonchev–Trinajstić information content (AvgIpc) is 2.32. The molecule has 0 unspecified atom stereocenters. The zero-order valence-corrected chi connectivity index (χ0v) is 10.9. The van der Waals surface area contributed by atoms with Crippen LogP contribution in [0.4, 0.5) is 5.69 Å². The van der Waals surface area contributed by atoms with Crippen molar-refractivity contribution in [2.24, 2.45) is 5.73 Å². The minimum Gasteiger partial charge on any atom is -0.482 e. The second-order valence-electron chi connectivity index (χ2n) is 3.83. The van der Waals surface area contributed by atoms with Crippen LogP contribution in [0.25, 0.3) is 0 Å². The molecule has 0 spiro atoms. The molecule has 17 heavy (non-hydrogen) atoms. The molecule has 0 aliphatic carbocycles. The van der Waals surface area contributed by atoms with Gasteiger partial charge in [0.15, 0.2) is 6.61 Å². The Morgan fingerprint density at radius 1 is 1.59 bits per heavy atom. The molecule has 0 aromatic heterocycles. The first kappa shape index (κ1) is 12.1. The fourth-order valence-corrected chi connectivity index (χ4v) is 1.99. The average molecular weight is 297 g/mol. The largest absolute Gasteiger partial charge is 0.482 e. The molecular weight excluding hydrogens is 284 g/mol. The number of fused-ring (bicyclic) bond motifs is 1. The van der Waals surface area contributed by atoms with Crippen LogP contribution < -0.4 is 15.4 Å². The lowest BCUT2D eigenvalue weighted by Gasteiger charge is -2.30. The molecule has 0 atom stereocenters. The van der Waals surface area contributed by atoms with Crippen LogP contribution in [-0.4, -0.2) is 25.6 Å². The summed E-state index contributed by atoms with van der Waals surface area (Å²) in [6.45, 7) is 4.69. The second kappa shape index (κ2) is 4.89. The van der Waals surface area contributed by atoms with E-state index in [1.54, 1.807) is 4.90 Å². The van der Waals surface area contributed by atoms with E-state index in [0.29, 0.717) is 18.8 Å². The number of anilines is 1. The number of rotatable bonds is 3. The van der Waals surface area contributed by atoms with Crippen LogP contribution in [0.2, 0.25) is 0 Å². The first-order valence-corrected chi connectivity index (χ1v) is 6.00. The molecule has 1 heterocycles. The number of benzene rings is 1. The molecule has 0 radical (unpaired) electrons. The van der Waals surface area contributed by atoms with Gasteiger partial charge in [-0.05, 0) is 23.8 Å². The van der Waals surface area contributed by atoms with Gasteiger partial charge in [0, 0.05) is 17.6 Å². The minimum absolute atomic E-state index is 0.0620. The Morgan fingerprint density at radius 2 is 2.35 bits per heavy atom. The standard InChI is InChI=1S/C12H13BrN2O2/c1-8(5-14)6-15-10-4-9(13)2-3-11(10)17-7-12(15)16/h2-4H,1,5-7,14H2. The zero-order chi connectivity index (χ0) is 12.4. The molecule has 0 saturated carbocycles. The van der Waals surface area contributed by atoms with Crippen LogP contribution in [0, 0.1) is 0 Å². The molecule has 0 fully saturated rings. The van der Waals surface area contributed by atoms with E-state index < -0.39 is 0 Å². The van der Waals surface area contributed by atoms with Crippen molar-refractivity contribution in [2.75, 3.05) is 24.6 Å². The van der Waals surface area contributed by atoms with E-state index in [2.05, 4.69) is 22.5 Å². The van der Waals surface area contributed by atoms with Gasteiger partial charge in [0.1, 0.15) is 5.75 Å². The zero-order valence-electron chi connectivity index (χ0n) is 9.28. The highest BCUT2D eigenvalue weighted by Crippen LogP contribution is 2.34. The van der Waals surface area contributed by atoms with Gasteiger partial charge in [-0.15, -0.1) is 0 Å². The fourth-order valence-electron chi connectivity index (χ4n) is 1.64. The first-order chi connectivity index (χ1) is 8.11. The van der Waals surface area contributed by atoms with Gasteiger partial charge in [0.05, 0.1) is 5.69 Å². The Kier molecular flexibility index (Phi) is 3.49. The van der Waals surface area contributed by atoms with Crippen molar-refractivity contribution in [1.29, 1.82) is 0 Å². The number of amides is 1. The Morgan fingerprint density at radius 3 is 3.06 bits per heavy atom. The van der Waals surface area contributed by atoms with E-state index in [4.69, 9.17) is 10.5 Å². The van der Waals surface area contributed by atoms with Crippen LogP contribution in [0.3, 0.4) is 0 Å². The van der Waals surface area contributed by atoms with Gasteiger partial charge in [-0.25, -0.2) is 0 Å². The maximum atomic E-state index is 11.8. The van der Waals surface area contributed by atoms with E-state index in [0.717, 1.165) is 15.7 Å². The monoisotopic (exact) mass is 296 g/mol. The lowest BCUT2D eigenvalue weighted by Crippen LogP contribution is -2.40. The second-order valence-corrected chi connectivity index (χ2v) is 4.75. The highest BCUT2D eigenvalue weighted by atomic mass is 79.9. The third kappa shape index (κ3) is 2.50. The Labute approximate surface area is 108 Å². The Balaban J connectivity index is 2.35. The van der Waals surface area contributed by atoms with E-state index in [-0.39, 0.29) is 12.5 Å². The third-order valence-corrected chi connectivity index (χ3v) is 3.03. The van der Waals surface area contributed by atoms with Crippen molar-refractivity contribution in [2.45, 2.75) is 0 Å². The molecule has 0 saturated heterocycles. The maximum Gasteiger partial charge on any atom is 0.265 e. The molecule has 1 amide bonds. The Hall–Kier alpha value is -1.33. The molecule has 4 nitrogen and oxygen atoms in total. The quantitative estimate of drug-likeness (QED) is 0.864. The van der Waals surface area contributed by atoms with Crippen molar-refractivity contribution in [1.82, 2.24) is 0 Å². The molecule has 1 aliphatic rings. The van der Waals surface area contributed by atoms with E-state index >= 15 is 0 Å². The SMILES string of the molecule is C=C(CN)CN1C(=O)COc2ccc(Br)cc21. The van der Waals surface area contributed by atoms with Gasteiger partial charge < -0.3 is 15.4 Å². The third-order valence-electron chi connectivity index (χ3n) is 2.53. The molecule has 0 bridgehead atoms. The number of carbonyl (C=O) groups is 1. The fraction of sp³-hybridized carbons (Fsp3) is 0.250. The number of ether oxygens (including phenoxy) is 1. The van der Waals surface area contributed by atoms with Crippen LogP contribution in [0.5, 0.6) is 5.75 Å². The smallest absolute Gasteiger partial charge is 0.265 e. The van der Waals surface area contributed by atoms with Gasteiger partial charge in [0.25, 0.3) is 5.91 Å². The van der Waals surface area contributed by atoms with E-state index in [9.17, 15) is 4.79 Å². The number of carbonyl (C=O) groups excluding carboxylic acids is 1. The van der Waals surface area contributed by atoms with Gasteiger partial charge in [-0.3, -0.25) is 4.79 Å². The van der Waals surface area contributed by atoms with Crippen molar-refractivity contribution in [3.63, 3.8) is 0 Å². The summed E-state index contributed by atoms with van der Waals surface area (Å²) in [5.74, 6) is 0.628. The predicted octanol–water partition coefficient (Wildman–Crippen LogP) is 1.69. The number of nitrogens with two attached hydrogens (primary N) is 1. The number of hydrogen-bond acceptors (Lipinski definition) is 3. The summed E-state index contributed by atoms with van der Waals surface area (Å²) in [4.78, 5) is 13.5. The van der Waals surface area contributed by atoms with Gasteiger partial charge in [-0.1, -0.05) is 22.5 Å². The van der Waals surface area contributed by atoms with Gasteiger partial charge in [0.2, 0.25) is 0 Å². The maximum absolute atomic E-state index is 11.8. The molecule has 1 aromatic carbocycles. The van der Waals surface area contributed by atoms with Crippen molar-refractivity contribution in [3.05, 3.63) is 34.8 Å². The van der Waals surface area contributed by atoms with Gasteiger partial charge >= 0.3 is 0 Å². The summed E-state index contributed by atoms with van der Waals surface area (Å²) in [5.41, 5.74) is 7.07. The summed E-state index contributed by atoms with van der Waals surface area (Å²) in [6.07, 6.45) is 0.